The second kappa shape index (κ2) is 6.12. The standard InChI is InChI=1S/C19H17N5/c1-24(12-14-6-3-2-4-7-14)18-10-17(22-13-23-18)16-11-21-19-15(16)8-5-9-20-19/h2-11,13H,12H2,1H3,(H,20,21). The number of H-pyrrole nitrogens is 1. The highest BCUT2D eigenvalue weighted by Crippen LogP contribution is 2.27. The lowest BCUT2D eigenvalue weighted by molar-refractivity contribution is 0.892. The smallest absolute Gasteiger partial charge is 0.137 e. The van der Waals surface area contributed by atoms with Crippen LogP contribution in [0.1, 0.15) is 5.56 Å². The van der Waals surface area contributed by atoms with Gasteiger partial charge in [0.1, 0.15) is 17.8 Å². The highest BCUT2D eigenvalue weighted by atomic mass is 15.2. The third kappa shape index (κ3) is 2.72. The summed E-state index contributed by atoms with van der Waals surface area (Å²) in [5.41, 5.74) is 4.04. The molecule has 5 heteroatoms. The maximum Gasteiger partial charge on any atom is 0.137 e. The summed E-state index contributed by atoms with van der Waals surface area (Å²) in [6.07, 6.45) is 5.34. The minimum atomic E-state index is 0.798. The van der Waals surface area contributed by atoms with E-state index in [0.29, 0.717) is 0 Å². The Kier molecular flexibility index (Phi) is 3.67. The Morgan fingerprint density at radius 3 is 2.75 bits per heavy atom. The number of nitrogens with one attached hydrogen (secondary N) is 1. The maximum absolute atomic E-state index is 4.44. The van der Waals surface area contributed by atoms with Crippen molar-refractivity contribution in [3.05, 3.63) is 72.8 Å². The molecule has 0 aliphatic rings. The van der Waals surface area contributed by atoms with Crippen molar-refractivity contribution in [3.8, 4) is 11.3 Å². The molecule has 4 aromatic rings. The van der Waals surface area contributed by atoms with Gasteiger partial charge >= 0.3 is 0 Å². The van der Waals surface area contributed by atoms with Gasteiger partial charge in [-0.3, -0.25) is 0 Å². The van der Waals surface area contributed by atoms with E-state index in [1.54, 1.807) is 12.5 Å². The predicted octanol–water partition coefficient (Wildman–Crippen LogP) is 3.66. The van der Waals surface area contributed by atoms with Crippen molar-refractivity contribution >= 4 is 16.9 Å². The third-order valence-corrected chi connectivity index (χ3v) is 4.03. The van der Waals surface area contributed by atoms with Crippen LogP contribution in [0.5, 0.6) is 0 Å². The normalized spacial score (nSPS) is 10.9. The van der Waals surface area contributed by atoms with Gasteiger partial charge < -0.3 is 9.88 Å². The lowest BCUT2D eigenvalue weighted by Crippen LogP contribution is -2.17. The highest BCUT2D eigenvalue weighted by molar-refractivity contribution is 5.92. The SMILES string of the molecule is CN(Cc1ccccc1)c1cc(-c2c[nH]c3ncccc23)ncn1. The number of anilines is 1. The summed E-state index contributed by atoms with van der Waals surface area (Å²) in [4.78, 5) is 18.5. The molecule has 0 amide bonds. The van der Waals surface area contributed by atoms with Gasteiger partial charge in [-0.05, 0) is 17.7 Å². The van der Waals surface area contributed by atoms with E-state index < -0.39 is 0 Å². The number of hydrogen-bond donors (Lipinski definition) is 1. The van der Waals surface area contributed by atoms with Crippen LogP contribution < -0.4 is 4.90 Å². The molecule has 0 unspecified atom stereocenters. The van der Waals surface area contributed by atoms with Crippen molar-refractivity contribution < 1.29 is 0 Å². The Labute approximate surface area is 140 Å². The highest BCUT2D eigenvalue weighted by Gasteiger charge is 2.11. The zero-order valence-electron chi connectivity index (χ0n) is 13.3. The first-order valence-corrected chi connectivity index (χ1v) is 7.81. The quantitative estimate of drug-likeness (QED) is 0.624. The van der Waals surface area contributed by atoms with Crippen molar-refractivity contribution in [2.24, 2.45) is 0 Å². The van der Waals surface area contributed by atoms with Crippen LogP contribution >= 0.6 is 0 Å². The number of pyridine rings is 1. The van der Waals surface area contributed by atoms with E-state index in [2.05, 4.69) is 37.0 Å². The van der Waals surface area contributed by atoms with Gasteiger partial charge in [-0.1, -0.05) is 30.3 Å². The molecule has 24 heavy (non-hydrogen) atoms. The fraction of sp³-hybridized carbons (Fsp3) is 0.105. The molecule has 3 aromatic heterocycles. The van der Waals surface area contributed by atoms with Gasteiger partial charge in [0.05, 0.1) is 5.69 Å². The molecule has 1 N–H and O–H groups in total. The van der Waals surface area contributed by atoms with E-state index in [0.717, 1.165) is 34.7 Å². The van der Waals surface area contributed by atoms with Crippen LogP contribution in [-0.4, -0.2) is 27.0 Å². The zero-order valence-corrected chi connectivity index (χ0v) is 13.3. The minimum absolute atomic E-state index is 0.798. The van der Waals surface area contributed by atoms with Gasteiger partial charge in [-0.2, -0.15) is 0 Å². The molecule has 0 radical (unpaired) electrons. The number of aromatic amines is 1. The van der Waals surface area contributed by atoms with Crippen LogP contribution in [0.3, 0.4) is 0 Å². The summed E-state index contributed by atoms with van der Waals surface area (Å²) in [7, 11) is 2.04. The van der Waals surface area contributed by atoms with Crippen molar-refractivity contribution in [1.82, 2.24) is 19.9 Å². The minimum Gasteiger partial charge on any atom is -0.355 e. The first-order valence-electron chi connectivity index (χ1n) is 7.81. The van der Waals surface area contributed by atoms with Gasteiger partial charge in [0, 0.05) is 43.0 Å². The van der Waals surface area contributed by atoms with Gasteiger partial charge in [0.2, 0.25) is 0 Å². The Bertz CT molecular complexity index is 962. The predicted molar refractivity (Wildman–Crippen MR) is 95.7 cm³/mol. The average molecular weight is 315 g/mol. The number of fused-ring (bicyclic) bond motifs is 1. The monoisotopic (exact) mass is 315 g/mol. The summed E-state index contributed by atoms with van der Waals surface area (Å²) in [5.74, 6) is 0.891. The lowest BCUT2D eigenvalue weighted by atomic mass is 10.1. The number of nitrogens with zero attached hydrogens (tertiary/aromatic N) is 4. The maximum atomic E-state index is 4.44. The van der Waals surface area contributed by atoms with Gasteiger partial charge in [-0.25, -0.2) is 15.0 Å². The van der Waals surface area contributed by atoms with E-state index in [-0.39, 0.29) is 0 Å². The molecule has 0 saturated heterocycles. The summed E-state index contributed by atoms with van der Waals surface area (Å²) < 4.78 is 0. The first-order chi connectivity index (χ1) is 11.8. The average Bonchev–Trinajstić information content (AvgIpc) is 3.07. The molecule has 0 aliphatic carbocycles. The number of rotatable bonds is 4. The van der Waals surface area contributed by atoms with E-state index in [9.17, 15) is 0 Å². The number of benzene rings is 1. The molecule has 0 bridgehead atoms. The van der Waals surface area contributed by atoms with Crippen molar-refractivity contribution in [2.75, 3.05) is 11.9 Å². The number of hydrogen-bond acceptors (Lipinski definition) is 4. The van der Waals surface area contributed by atoms with E-state index in [4.69, 9.17) is 0 Å². The largest absolute Gasteiger partial charge is 0.355 e. The Morgan fingerprint density at radius 1 is 1.00 bits per heavy atom. The van der Waals surface area contributed by atoms with E-state index >= 15 is 0 Å². The third-order valence-electron chi connectivity index (χ3n) is 4.03. The molecule has 0 atom stereocenters. The molecule has 0 saturated carbocycles. The first kappa shape index (κ1) is 14.4. The van der Waals surface area contributed by atoms with E-state index in [1.807, 2.05) is 49.6 Å². The van der Waals surface area contributed by atoms with Crippen LogP contribution in [0.25, 0.3) is 22.3 Å². The molecule has 0 spiro atoms. The van der Waals surface area contributed by atoms with Crippen LogP contribution in [0, 0.1) is 0 Å². The van der Waals surface area contributed by atoms with Crippen molar-refractivity contribution in [3.63, 3.8) is 0 Å². The molecular weight excluding hydrogens is 298 g/mol. The Balaban J connectivity index is 1.66. The van der Waals surface area contributed by atoms with Crippen LogP contribution in [0.15, 0.2) is 67.3 Å². The molecule has 0 fully saturated rings. The van der Waals surface area contributed by atoms with Crippen molar-refractivity contribution in [2.45, 2.75) is 6.54 Å². The fourth-order valence-electron chi connectivity index (χ4n) is 2.81. The lowest BCUT2D eigenvalue weighted by Gasteiger charge is -2.18. The second-order valence-corrected chi connectivity index (χ2v) is 5.71. The van der Waals surface area contributed by atoms with Gasteiger partial charge in [0.25, 0.3) is 0 Å². The van der Waals surface area contributed by atoms with E-state index in [1.165, 1.54) is 5.56 Å². The summed E-state index contributed by atoms with van der Waals surface area (Å²) in [6.45, 7) is 0.798. The molecule has 0 aliphatic heterocycles. The molecule has 4 rings (SSSR count). The van der Waals surface area contributed by atoms with Gasteiger partial charge in [-0.15, -0.1) is 0 Å². The summed E-state index contributed by atoms with van der Waals surface area (Å²) in [6, 6.07) is 16.3. The van der Waals surface area contributed by atoms with Crippen LogP contribution in [0.2, 0.25) is 0 Å². The second-order valence-electron chi connectivity index (χ2n) is 5.71. The van der Waals surface area contributed by atoms with Crippen LogP contribution in [-0.2, 0) is 6.54 Å². The van der Waals surface area contributed by atoms with Crippen molar-refractivity contribution in [1.29, 1.82) is 0 Å². The molecule has 3 heterocycles. The fourth-order valence-corrected chi connectivity index (χ4v) is 2.81. The number of aromatic nitrogens is 4. The van der Waals surface area contributed by atoms with Gasteiger partial charge in [0.15, 0.2) is 0 Å². The summed E-state index contributed by atoms with van der Waals surface area (Å²) >= 11 is 0. The molecule has 5 nitrogen and oxygen atoms in total. The summed E-state index contributed by atoms with van der Waals surface area (Å²) in [5, 5.41) is 1.06. The van der Waals surface area contributed by atoms with Crippen LogP contribution in [0.4, 0.5) is 5.82 Å². The Hall–Kier alpha value is -3.21. The Morgan fingerprint density at radius 2 is 1.88 bits per heavy atom. The molecule has 1 aromatic carbocycles. The zero-order chi connectivity index (χ0) is 16.4. The topological polar surface area (TPSA) is 57.7 Å². The molecular formula is C19H17N5. The molecule has 118 valence electrons.